The summed E-state index contributed by atoms with van der Waals surface area (Å²) in [5, 5.41) is 11.4. The zero-order valence-corrected chi connectivity index (χ0v) is 19.4. The minimum Gasteiger partial charge on any atom is -0.364 e. The number of nitrogens with one attached hydrogen (secondary N) is 1. The summed E-state index contributed by atoms with van der Waals surface area (Å²) >= 11 is 0. The molecule has 174 valence electrons. The molecule has 0 radical (unpaired) electrons. The summed E-state index contributed by atoms with van der Waals surface area (Å²) in [4.78, 5) is 34.7. The maximum Gasteiger partial charge on any atom is 0.213 e. The Hall–Kier alpha value is -4.66. The topological polar surface area (TPSA) is 115 Å². The molecule has 9 nitrogen and oxygen atoms in total. The summed E-state index contributed by atoms with van der Waals surface area (Å²) < 4.78 is 6.45. The fourth-order valence-electron chi connectivity index (χ4n) is 3.94. The van der Waals surface area contributed by atoms with Crippen LogP contribution in [-0.4, -0.2) is 36.3 Å². The van der Waals surface area contributed by atoms with Gasteiger partial charge in [-0.3, -0.25) is 9.59 Å². The monoisotopic (exact) mass is 466 g/mol. The van der Waals surface area contributed by atoms with Crippen LogP contribution in [0, 0.1) is 20.8 Å². The molecule has 0 aliphatic carbocycles. The molecule has 5 rings (SSSR count). The third kappa shape index (κ3) is 4.31. The van der Waals surface area contributed by atoms with Crippen LogP contribution >= 0.6 is 0 Å². The van der Waals surface area contributed by atoms with Crippen LogP contribution in [0.15, 0.2) is 65.8 Å². The number of hydrogen-bond acceptors (Lipinski definition) is 8. The van der Waals surface area contributed by atoms with E-state index >= 15 is 0 Å². The molecule has 0 aliphatic rings. The van der Waals surface area contributed by atoms with E-state index in [4.69, 9.17) is 4.52 Å². The second-order valence-electron chi connectivity index (χ2n) is 8.31. The molecular weight excluding hydrogens is 444 g/mol. The van der Waals surface area contributed by atoms with Crippen molar-refractivity contribution < 1.29 is 14.1 Å². The normalized spacial score (nSPS) is 11.1. The number of hydrogen-bond donors (Lipinski definition) is 1. The van der Waals surface area contributed by atoms with Crippen molar-refractivity contribution >= 4 is 28.6 Å². The molecule has 35 heavy (non-hydrogen) atoms. The van der Waals surface area contributed by atoms with Crippen molar-refractivity contribution in [3.63, 3.8) is 0 Å². The minimum atomic E-state index is -0.181. The highest BCUT2D eigenvalue weighted by molar-refractivity contribution is 6.10. The number of aromatic nitrogens is 5. The minimum absolute atomic E-state index is 0.0767. The lowest BCUT2D eigenvalue weighted by Crippen LogP contribution is -2.06. The predicted octanol–water partition coefficient (Wildman–Crippen LogP) is 4.44. The number of fused-ring (bicyclic) bond motifs is 1. The van der Waals surface area contributed by atoms with Gasteiger partial charge in [-0.05, 0) is 50.1 Å². The average molecular weight is 467 g/mol. The number of nitrogens with zero attached hydrogens (tertiary/aromatic N) is 5. The maximum atomic E-state index is 13.2. The Bertz CT molecular complexity index is 1570. The van der Waals surface area contributed by atoms with Gasteiger partial charge >= 0.3 is 0 Å². The number of pyridine rings is 1. The first-order chi connectivity index (χ1) is 16.9. The molecule has 0 aliphatic heterocycles. The summed E-state index contributed by atoms with van der Waals surface area (Å²) in [6.07, 6.45) is 4.70. The van der Waals surface area contributed by atoms with Gasteiger partial charge in [0.15, 0.2) is 11.6 Å². The SMILES string of the molecule is Cc1cccc(C(=O)c2cn3ncnc(Nc4cc(C(=O)Cc5ccon5)ccc4C)c3c2C)n1. The van der Waals surface area contributed by atoms with E-state index in [1.54, 1.807) is 35.0 Å². The third-order valence-electron chi connectivity index (χ3n) is 5.84. The zero-order chi connectivity index (χ0) is 24.5. The first-order valence-electron chi connectivity index (χ1n) is 11.0. The van der Waals surface area contributed by atoms with Gasteiger partial charge in [-0.1, -0.05) is 23.4 Å². The lowest BCUT2D eigenvalue weighted by molar-refractivity contribution is 0.0989. The number of anilines is 2. The number of aryl methyl sites for hydroxylation is 3. The molecule has 0 fully saturated rings. The molecule has 0 saturated heterocycles. The van der Waals surface area contributed by atoms with Crippen LogP contribution in [0.4, 0.5) is 11.5 Å². The van der Waals surface area contributed by atoms with Crippen molar-refractivity contribution in [2.45, 2.75) is 27.2 Å². The highest BCUT2D eigenvalue weighted by Gasteiger charge is 2.21. The van der Waals surface area contributed by atoms with Crippen molar-refractivity contribution in [2.75, 3.05) is 5.32 Å². The Morgan fingerprint density at radius 1 is 1.09 bits per heavy atom. The Morgan fingerprint density at radius 2 is 1.94 bits per heavy atom. The summed E-state index contributed by atoms with van der Waals surface area (Å²) in [6, 6.07) is 12.5. The van der Waals surface area contributed by atoms with Crippen LogP contribution in [0.25, 0.3) is 5.52 Å². The Morgan fingerprint density at radius 3 is 2.71 bits per heavy atom. The van der Waals surface area contributed by atoms with E-state index in [2.05, 4.69) is 25.5 Å². The van der Waals surface area contributed by atoms with E-state index in [9.17, 15) is 9.59 Å². The molecule has 0 amide bonds. The maximum absolute atomic E-state index is 13.2. The van der Waals surface area contributed by atoms with Gasteiger partial charge in [0.25, 0.3) is 0 Å². The van der Waals surface area contributed by atoms with Crippen LogP contribution in [0.3, 0.4) is 0 Å². The van der Waals surface area contributed by atoms with Gasteiger partial charge in [0.05, 0.1) is 12.1 Å². The van der Waals surface area contributed by atoms with Gasteiger partial charge in [-0.15, -0.1) is 0 Å². The average Bonchev–Trinajstić information content (AvgIpc) is 3.48. The molecule has 0 atom stereocenters. The third-order valence-corrected chi connectivity index (χ3v) is 5.84. The highest BCUT2D eigenvalue weighted by atomic mass is 16.5. The molecule has 0 unspecified atom stereocenters. The van der Waals surface area contributed by atoms with Gasteiger partial charge in [-0.25, -0.2) is 14.5 Å². The van der Waals surface area contributed by atoms with Crippen molar-refractivity contribution in [3.8, 4) is 0 Å². The number of benzene rings is 1. The van der Waals surface area contributed by atoms with E-state index < -0.39 is 0 Å². The first kappa shape index (κ1) is 22.1. The number of Topliss-reactive ketones (excluding diaryl/α,β-unsaturated/α-hetero) is 1. The van der Waals surface area contributed by atoms with Crippen molar-refractivity contribution in [1.82, 2.24) is 24.7 Å². The smallest absolute Gasteiger partial charge is 0.213 e. The van der Waals surface area contributed by atoms with E-state index in [1.807, 2.05) is 39.0 Å². The molecule has 0 spiro atoms. The van der Waals surface area contributed by atoms with Gasteiger partial charge in [0.2, 0.25) is 5.78 Å². The molecule has 1 aromatic carbocycles. The van der Waals surface area contributed by atoms with Crippen molar-refractivity contribution in [3.05, 3.63) is 101 Å². The predicted molar refractivity (Wildman–Crippen MR) is 129 cm³/mol. The Kier molecular flexibility index (Phi) is 5.66. The number of carbonyl (C=O) groups excluding carboxylic acids is 2. The lowest BCUT2D eigenvalue weighted by atomic mass is 10.0. The Balaban J connectivity index is 1.49. The summed E-state index contributed by atoms with van der Waals surface area (Å²) in [6.45, 7) is 5.65. The molecular formula is C26H22N6O3. The lowest BCUT2D eigenvalue weighted by Gasteiger charge is -2.12. The second kappa shape index (κ2) is 8.94. The quantitative estimate of drug-likeness (QED) is 0.350. The van der Waals surface area contributed by atoms with Crippen LogP contribution in [0.2, 0.25) is 0 Å². The van der Waals surface area contributed by atoms with Gasteiger partial charge in [0.1, 0.15) is 23.8 Å². The van der Waals surface area contributed by atoms with E-state index in [1.165, 1.54) is 12.6 Å². The van der Waals surface area contributed by atoms with Crippen LogP contribution in [0.1, 0.15) is 48.9 Å². The molecule has 9 heteroatoms. The summed E-state index contributed by atoms with van der Waals surface area (Å²) in [5.41, 5.74) is 5.83. The standard InChI is InChI=1S/C26H22N6O3/c1-15-7-8-18(23(33)12-19-9-10-35-31-19)11-22(15)30-26-24-17(3)20(13-32(24)28-14-27-26)25(34)21-6-4-5-16(2)29-21/h4-11,13-14H,12H2,1-3H3,(H,27,28,30). The largest absolute Gasteiger partial charge is 0.364 e. The van der Waals surface area contributed by atoms with E-state index in [0.717, 1.165) is 22.5 Å². The first-order valence-corrected chi connectivity index (χ1v) is 11.0. The molecule has 4 aromatic heterocycles. The summed E-state index contributed by atoms with van der Waals surface area (Å²) in [5.74, 6) is 0.268. The molecule has 0 bridgehead atoms. The van der Waals surface area contributed by atoms with Crippen molar-refractivity contribution in [1.29, 1.82) is 0 Å². The summed E-state index contributed by atoms with van der Waals surface area (Å²) in [7, 11) is 0. The molecule has 0 saturated carbocycles. The van der Waals surface area contributed by atoms with Crippen LogP contribution in [0.5, 0.6) is 0 Å². The van der Waals surface area contributed by atoms with Gasteiger partial charge in [-0.2, -0.15) is 5.10 Å². The van der Waals surface area contributed by atoms with Crippen LogP contribution in [-0.2, 0) is 6.42 Å². The van der Waals surface area contributed by atoms with Gasteiger partial charge in [0, 0.05) is 34.8 Å². The number of rotatable bonds is 7. The highest BCUT2D eigenvalue weighted by Crippen LogP contribution is 2.28. The number of carbonyl (C=O) groups is 2. The number of ketones is 2. The fraction of sp³-hybridized carbons (Fsp3) is 0.154. The Labute approximate surface area is 200 Å². The molecule has 4 heterocycles. The zero-order valence-electron chi connectivity index (χ0n) is 19.4. The van der Waals surface area contributed by atoms with E-state index in [-0.39, 0.29) is 18.0 Å². The van der Waals surface area contributed by atoms with E-state index in [0.29, 0.717) is 33.8 Å². The second-order valence-corrected chi connectivity index (χ2v) is 8.31. The molecule has 5 aromatic rings. The van der Waals surface area contributed by atoms with Crippen molar-refractivity contribution in [2.24, 2.45) is 0 Å². The van der Waals surface area contributed by atoms with Crippen LogP contribution < -0.4 is 5.32 Å². The van der Waals surface area contributed by atoms with Gasteiger partial charge < -0.3 is 9.84 Å². The fourth-order valence-corrected chi connectivity index (χ4v) is 3.94. The molecule has 1 N–H and O–H groups in total.